The Bertz CT molecular complexity index is 1550. The van der Waals surface area contributed by atoms with Gasteiger partial charge in [0.05, 0.1) is 11.4 Å². The Hall–Kier alpha value is -4.30. The van der Waals surface area contributed by atoms with Gasteiger partial charge in [0.2, 0.25) is 0 Å². The lowest BCUT2D eigenvalue weighted by Crippen LogP contribution is -2.17. The van der Waals surface area contributed by atoms with Crippen LogP contribution >= 0.6 is 0 Å². The Morgan fingerprint density at radius 1 is 0.667 bits per heavy atom. The third-order valence-electron chi connectivity index (χ3n) is 6.62. The van der Waals surface area contributed by atoms with Crippen LogP contribution in [0.2, 0.25) is 0 Å². The summed E-state index contributed by atoms with van der Waals surface area (Å²) >= 11 is 0. The molecule has 7 rings (SSSR count). The SMILES string of the molecule is C1=Cc2cccc3cc4c(c(c23)C1)Oc1ccc(-c2ccccc2)cc1N4c1ccccc1. The highest BCUT2D eigenvalue weighted by Crippen LogP contribution is 2.54. The average Bonchev–Trinajstić information content (AvgIpc) is 2.89. The van der Waals surface area contributed by atoms with Crippen LogP contribution in [0.3, 0.4) is 0 Å². The Kier molecular flexibility index (Phi) is 3.94. The van der Waals surface area contributed by atoms with E-state index in [1.54, 1.807) is 0 Å². The van der Waals surface area contributed by atoms with E-state index in [1.807, 2.05) is 0 Å². The predicted octanol–water partition coefficient (Wildman–Crippen LogP) is 8.65. The van der Waals surface area contributed by atoms with Gasteiger partial charge in [0.25, 0.3) is 0 Å². The molecule has 1 heterocycles. The minimum Gasteiger partial charge on any atom is -0.453 e. The fraction of sp³-hybridized carbons (Fsp3) is 0.0323. The summed E-state index contributed by atoms with van der Waals surface area (Å²) < 4.78 is 6.66. The van der Waals surface area contributed by atoms with Crippen molar-refractivity contribution in [2.24, 2.45) is 0 Å². The molecule has 0 bridgehead atoms. The Labute approximate surface area is 193 Å². The molecule has 0 unspecified atom stereocenters. The first-order valence-corrected chi connectivity index (χ1v) is 11.3. The molecule has 0 spiro atoms. The number of hydrogen-bond donors (Lipinski definition) is 0. The third kappa shape index (κ3) is 2.81. The normalized spacial score (nSPS) is 13.4. The molecule has 5 aromatic rings. The first-order chi connectivity index (χ1) is 16.4. The maximum Gasteiger partial charge on any atom is 0.155 e. The number of hydrogen-bond acceptors (Lipinski definition) is 2. The van der Waals surface area contributed by atoms with Crippen molar-refractivity contribution < 1.29 is 4.74 Å². The Morgan fingerprint density at radius 3 is 2.33 bits per heavy atom. The number of fused-ring (bicyclic) bond motifs is 3. The fourth-order valence-electron chi connectivity index (χ4n) is 5.14. The number of para-hydroxylation sites is 1. The van der Waals surface area contributed by atoms with E-state index in [4.69, 9.17) is 4.74 Å². The predicted molar refractivity (Wildman–Crippen MR) is 137 cm³/mol. The van der Waals surface area contributed by atoms with Crippen molar-refractivity contribution >= 4 is 33.9 Å². The molecule has 0 amide bonds. The summed E-state index contributed by atoms with van der Waals surface area (Å²) in [5.41, 5.74) is 8.17. The third-order valence-corrected chi connectivity index (χ3v) is 6.62. The van der Waals surface area contributed by atoms with Gasteiger partial charge >= 0.3 is 0 Å². The summed E-state index contributed by atoms with van der Waals surface area (Å²) in [6, 6.07) is 36.4. The van der Waals surface area contributed by atoms with Crippen LogP contribution < -0.4 is 9.64 Å². The highest BCUT2D eigenvalue weighted by Gasteiger charge is 2.30. The van der Waals surface area contributed by atoms with Crippen LogP contribution in [0.4, 0.5) is 17.1 Å². The van der Waals surface area contributed by atoms with Crippen molar-refractivity contribution in [2.45, 2.75) is 6.42 Å². The second-order valence-corrected chi connectivity index (χ2v) is 8.58. The van der Waals surface area contributed by atoms with E-state index in [1.165, 1.54) is 33.0 Å². The van der Waals surface area contributed by atoms with Gasteiger partial charge in [0, 0.05) is 11.3 Å². The van der Waals surface area contributed by atoms with E-state index in [0.29, 0.717) is 0 Å². The van der Waals surface area contributed by atoms with Crippen molar-refractivity contribution in [1.82, 2.24) is 0 Å². The van der Waals surface area contributed by atoms with E-state index in [-0.39, 0.29) is 0 Å². The van der Waals surface area contributed by atoms with Crippen molar-refractivity contribution in [3.05, 3.63) is 120 Å². The summed E-state index contributed by atoms with van der Waals surface area (Å²) in [4.78, 5) is 2.35. The molecule has 33 heavy (non-hydrogen) atoms. The van der Waals surface area contributed by atoms with Gasteiger partial charge in [-0.25, -0.2) is 0 Å². The van der Waals surface area contributed by atoms with Crippen molar-refractivity contribution in [3.8, 4) is 22.6 Å². The van der Waals surface area contributed by atoms with E-state index in [0.717, 1.165) is 35.0 Å². The molecule has 2 nitrogen and oxygen atoms in total. The highest BCUT2D eigenvalue weighted by atomic mass is 16.5. The van der Waals surface area contributed by atoms with Crippen molar-refractivity contribution in [2.75, 3.05) is 4.90 Å². The van der Waals surface area contributed by atoms with Crippen LogP contribution in [0.5, 0.6) is 11.5 Å². The maximum absolute atomic E-state index is 6.66. The minimum atomic E-state index is 0.872. The van der Waals surface area contributed by atoms with Crippen molar-refractivity contribution in [3.63, 3.8) is 0 Å². The monoisotopic (exact) mass is 423 g/mol. The van der Waals surface area contributed by atoms with Crippen LogP contribution in [-0.2, 0) is 6.42 Å². The Balaban J connectivity index is 1.51. The molecule has 0 atom stereocenters. The van der Waals surface area contributed by atoms with Crippen LogP contribution in [0.1, 0.15) is 11.1 Å². The lowest BCUT2D eigenvalue weighted by molar-refractivity contribution is 0.473. The number of anilines is 3. The van der Waals surface area contributed by atoms with Crippen LogP contribution in [0.15, 0.2) is 109 Å². The number of nitrogens with zero attached hydrogens (tertiary/aromatic N) is 1. The lowest BCUT2D eigenvalue weighted by atomic mass is 9.90. The van der Waals surface area contributed by atoms with Crippen LogP contribution in [0.25, 0.3) is 28.0 Å². The summed E-state index contributed by atoms with van der Waals surface area (Å²) in [7, 11) is 0. The molecule has 0 saturated heterocycles. The standard InChI is InChI=1S/C31H21NO/c1-3-9-21(10-4-1)23-17-18-29-27(19-23)32(25-14-5-2-6-15-25)28-20-24-13-7-11-22-12-8-16-26(30(22)24)31(28)33-29/h1-15,17-20H,16H2. The molecule has 2 aliphatic rings. The zero-order chi connectivity index (χ0) is 21.8. The zero-order valence-electron chi connectivity index (χ0n) is 18.0. The molecule has 1 aliphatic heterocycles. The molecule has 0 radical (unpaired) electrons. The van der Waals surface area contributed by atoms with Gasteiger partial charge in [0.1, 0.15) is 0 Å². The molecule has 1 aliphatic carbocycles. The fourth-order valence-corrected chi connectivity index (χ4v) is 5.14. The zero-order valence-corrected chi connectivity index (χ0v) is 18.0. The number of ether oxygens (including phenoxy) is 1. The highest BCUT2D eigenvalue weighted by molar-refractivity contribution is 6.03. The van der Waals surface area contributed by atoms with E-state index in [9.17, 15) is 0 Å². The van der Waals surface area contributed by atoms with Gasteiger partial charge in [-0.05, 0) is 64.2 Å². The summed E-state index contributed by atoms with van der Waals surface area (Å²) in [5.74, 6) is 1.84. The number of allylic oxidation sites excluding steroid dienone is 1. The van der Waals surface area contributed by atoms with Gasteiger partial charge in [-0.3, -0.25) is 0 Å². The Morgan fingerprint density at radius 2 is 1.48 bits per heavy atom. The summed E-state index contributed by atoms with van der Waals surface area (Å²) in [5, 5.41) is 2.55. The van der Waals surface area contributed by atoms with Gasteiger partial charge in [-0.2, -0.15) is 0 Å². The average molecular weight is 424 g/mol. The van der Waals surface area contributed by atoms with Crippen LogP contribution in [-0.4, -0.2) is 0 Å². The second kappa shape index (κ2) is 7.11. The largest absolute Gasteiger partial charge is 0.453 e. The molecular formula is C31H21NO. The molecular weight excluding hydrogens is 402 g/mol. The molecule has 2 heteroatoms. The van der Waals surface area contributed by atoms with Gasteiger partial charge in [0.15, 0.2) is 11.5 Å². The van der Waals surface area contributed by atoms with E-state index >= 15 is 0 Å². The number of rotatable bonds is 2. The molecule has 156 valence electrons. The molecule has 0 N–H and O–H groups in total. The van der Waals surface area contributed by atoms with Gasteiger partial charge < -0.3 is 9.64 Å². The minimum absolute atomic E-state index is 0.872. The quantitative estimate of drug-likeness (QED) is 0.276. The van der Waals surface area contributed by atoms with Gasteiger partial charge in [-0.1, -0.05) is 84.9 Å². The van der Waals surface area contributed by atoms with Crippen LogP contribution in [0, 0.1) is 0 Å². The molecule has 0 saturated carbocycles. The van der Waals surface area contributed by atoms with Crippen molar-refractivity contribution in [1.29, 1.82) is 0 Å². The van der Waals surface area contributed by atoms with E-state index in [2.05, 4.69) is 120 Å². The smallest absolute Gasteiger partial charge is 0.155 e. The topological polar surface area (TPSA) is 12.5 Å². The first kappa shape index (κ1) is 18.3. The second-order valence-electron chi connectivity index (χ2n) is 8.58. The van der Waals surface area contributed by atoms with Gasteiger partial charge in [-0.15, -0.1) is 0 Å². The summed E-state index contributed by atoms with van der Waals surface area (Å²) in [6.07, 6.45) is 5.33. The molecule has 0 aromatic heterocycles. The number of benzene rings is 5. The first-order valence-electron chi connectivity index (χ1n) is 11.3. The molecule has 5 aromatic carbocycles. The lowest BCUT2D eigenvalue weighted by Gasteiger charge is -2.35. The van der Waals surface area contributed by atoms with E-state index < -0.39 is 0 Å². The maximum atomic E-state index is 6.66. The molecule has 0 fully saturated rings. The summed E-state index contributed by atoms with van der Waals surface area (Å²) in [6.45, 7) is 0.